The number of ether oxygens (including phenoxy) is 1. The van der Waals surface area contributed by atoms with Crippen LogP contribution in [0, 0.1) is 11.6 Å². The topological polar surface area (TPSA) is 74.2 Å². The fourth-order valence-corrected chi connectivity index (χ4v) is 6.02. The molecule has 0 aromatic heterocycles. The van der Waals surface area contributed by atoms with Crippen molar-refractivity contribution in [1.82, 2.24) is 10.2 Å². The van der Waals surface area contributed by atoms with Crippen molar-refractivity contribution in [3.8, 4) is 5.75 Å². The van der Waals surface area contributed by atoms with Crippen molar-refractivity contribution in [2.75, 3.05) is 33.4 Å². The molecular weight excluding hydrogens is 547 g/mol. The molecule has 3 atom stereocenters. The van der Waals surface area contributed by atoms with Gasteiger partial charge in [-0.1, -0.05) is 29.3 Å². The van der Waals surface area contributed by atoms with E-state index in [0.29, 0.717) is 34.4 Å². The van der Waals surface area contributed by atoms with E-state index in [1.807, 2.05) is 6.07 Å². The lowest BCUT2D eigenvalue weighted by molar-refractivity contribution is -0.132. The number of benzene rings is 3. The summed E-state index contributed by atoms with van der Waals surface area (Å²) in [6, 6.07) is 13.3. The van der Waals surface area contributed by atoms with Gasteiger partial charge in [-0.25, -0.2) is 8.78 Å². The zero-order valence-corrected chi connectivity index (χ0v) is 22.6. The molecule has 0 bridgehead atoms. The molecule has 2 aliphatic heterocycles. The Morgan fingerprint density at radius 2 is 1.90 bits per heavy atom. The average molecular weight is 574 g/mol. The molecule has 2 N–H and O–H groups in total. The van der Waals surface area contributed by atoms with Crippen LogP contribution >= 0.6 is 23.2 Å². The Morgan fingerprint density at radius 1 is 1.13 bits per heavy atom. The molecule has 1 amide bonds. The lowest BCUT2D eigenvalue weighted by Crippen LogP contribution is -2.51. The van der Waals surface area contributed by atoms with Crippen molar-refractivity contribution < 1.29 is 23.4 Å². The number of hydrogen-bond donors (Lipinski definition) is 2. The summed E-state index contributed by atoms with van der Waals surface area (Å²) in [6.07, 6.45) is 2.38. The third-order valence-corrected chi connectivity index (χ3v) is 7.98. The van der Waals surface area contributed by atoms with Gasteiger partial charge in [-0.05, 0) is 67.1 Å². The van der Waals surface area contributed by atoms with Gasteiger partial charge in [0.15, 0.2) is 6.61 Å². The number of rotatable bonds is 7. The molecule has 10 heteroatoms. The minimum atomic E-state index is -0.951. The number of piperidine rings is 1. The van der Waals surface area contributed by atoms with E-state index >= 15 is 4.39 Å². The highest BCUT2D eigenvalue weighted by atomic mass is 35.5. The normalized spacial score (nSPS) is 21.7. The van der Waals surface area contributed by atoms with Gasteiger partial charge in [0.1, 0.15) is 17.4 Å². The number of likely N-dealkylation sites (N-methyl/N-ethyl adjacent to an activating group) is 1. The molecule has 1 saturated heterocycles. The summed E-state index contributed by atoms with van der Waals surface area (Å²) >= 11 is 12.8. The van der Waals surface area contributed by atoms with Crippen molar-refractivity contribution >= 4 is 41.0 Å². The molecule has 1 spiro atoms. The molecule has 0 aliphatic carbocycles. The van der Waals surface area contributed by atoms with E-state index in [4.69, 9.17) is 33.0 Å². The maximum atomic E-state index is 15.3. The standard InChI is InChI=1S/C29H27Cl2F2N3O3/c1-36(10-11-37)27(38)15-39-26-7-3-17(30)12-20(26)22-8-9-34-28(21-14-19(32)4-6-24(21)33)29(22)16-35-25-13-18(31)2-5-23(25)29/h2-7,12-14,16,22,28,34,37H,8-11,15H2,1H3/t22-,28-,29+/m0/s1. The Kier molecular flexibility index (Phi) is 7.91. The van der Waals surface area contributed by atoms with Gasteiger partial charge in [-0.2, -0.15) is 0 Å². The van der Waals surface area contributed by atoms with Crippen LogP contribution in [0.3, 0.4) is 0 Å². The van der Waals surface area contributed by atoms with Crippen LogP contribution in [0.5, 0.6) is 5.75 Å². The first kappa shape index (κ1) is 27.5. The van der Waals surface area contributed by atoms with Gasteiger partial charge >= 0.3 is 0 Å². The maximum Gasteiger partial charge on any atom is 0.260 e. The molecule has 1 fully saturated rings. The van der Waals surface area contributed by atoms with E-state index < -0.39 is 23.1 Å². The van der Waals surface area contributed by atoms with Crippen LogP contribution in [0.15, 0.2) is 59.6 Å². The summed E-state index contributed by atoms with van der Waals surface area (Å²) in [6.45, 7) is 0.274. The van der Waals surface area contributed by atoms with Gasteiger partial charge in [0, 0.05) is 46.9 Å². The van der Waals surface area contributed by atoms with Crippen molar-refractivity contribution in [2.24, 2.45) is 4.99 Å². The molecule has 0 saturated carbocycles. The third-order valence-electron chi connectivity index (χ3n) is 7.51. The van der Waals surface area contributed by atoms with Crippen LogP contribution in [0.4, 0.5) is 14.5 Å². The lowest BCUT2D eigenvalue weighted by atomic mass is 9.60. The minimum absolute atomic E-state index is 0.160. The van der Waals surface area contributed by atoms with E-state index in [0.717, 1.165) is 23.3 Å². The second-order valence-electron chi connectivity index (χ2n) is 9.76. The monoisotopic (exact) mass is 573 g/mol. The predicted molar refractivity (Wildman–Crippen MR) is 147 cm³/mol. The Bertz CT molecular complexity index is 1440. The van der Waals surface area contributed by atoms with E-state index in [2.05, 4.69) is 10.3 Å². The highest BCUT2D eigenvalue weighted by Crippen LogP contribution is 2.57. The maximum absolute atomic E-state index is 15.3. The molecule has 6 nitrogen and oxygen atoms in total. The van der Waals surface area contributed by atoms with Gasteiger partial charge in [0.2, 0.25) is 0 Å². The molecule has 3 aromatic carbocycles. The number of hydrogen-bond acceptors (Lipinski definition) is 5. The van der Waals surface area contributed by atoms with Crippen LogP contribution in [0.1, 0.15) is 35.1 Å². The minimum Gasteiger partial charge on any atom is -0.483 e. The molecular formula is C29H27Cl2F2N3O3. The molecule has 204 valence electrons. The summed E-state index contributed by atoms with van der Waals surface area (Å²) in [5, 5.41) is 13.6. The fourth-order valence-electron chi connectivity index (χ4n) is 5.68. The van der Waals surface area contributed by atoms with Crippen molar-refractivity contribution in [1.29, 1.82) is 0 Å². The van der Waals surface area contributed by atoms with E-state index in [9.17, 15) is 9.18 Å². The largest absolute Gasteiger partial charge is 0.483 e. The Balaban J connectivity index is 1.64. The van der Waals surface area contributed by atoms with Gasteiger partial charge in [-0.15, -0.1) is 0 Å². The van der Waals surface area contributed by atoms with Crippen LogP contribution in [0.25, 0.3) is 0 Å². The second kappa shape index (κ2) is 11.2. The highest BCUT2D eigenvalue weighted by molar-refractivity contribution is 6.31. The number of nitrogens with one attached hydrogen (secondary N) is 1. The zero-order valence-electron chi connectivity index (χ0n) is 21.1. The van der Waals surface area contributed by atoms with Crippen molar-refractivity contribution in [2.45, 2.75) is 23.8 Å². The second-order valence-corrected chi connectivity index (χ2v) is 10.6. The first-order chi connectivity index (χ1) is 18.7. The zero-order chi connectivity index (χ0) is 27.7. The number of aliphatic hydroxyl groups is 1. The number of halogens is 4. The van der Waals surface area contributed by atoms with E-state index in [1.54, 1.807) is 43.6 Å². The third kappa shape index (κ3) is 5.14. The number of aliphatic hydroxyl groups excluding tert-OH is 1. The number of carbonyl (C=O) groups is 1. The van der Waals surface area contributed by atoms with Crippen LogP contribution < -0.4 is 10.1 Å². The summed E-state index contributed by atoms with van der Waals surface area (Å²) in [7, 11) is 1.58. The van der Waals surface area contributed by atoms with Crippen molar-refractivity contribution in [3.05, 3.63) is 93.0 Å². The average Bonchev–Trinajstić information content (AvgIpc) is 3.27. The van der Waals surface area contributed by atoms with Crippen LogP contribution in [-0.2, 0) is 10.2 Å². The molecule has 3 aromatic rings. The first-order valence-corrected chi connectivity index (χ1v) is 13.3. The first-order valence-electron chi connectivity index (χ1n) is 12.5. The van der Waals surface area contributed by atoms with Crippen molar-refractivity contribution in [3.63, 3.8) is 0 Å². The molecule has 0 radical (unpaired) electrons. The lowest BCUT2D eigenvalue weighted by Gasteiger charge is -2.47. The number of aliphatic imine (C=N–C) groups is 1. The molecule has 39 heavy (non-hydrogen) atoms. The van der Waals surface area contributed by atoms with Crippen LogP contribution in [0.2, 0.25) is 10.0 Å². The van der Waals surface area contributed by atoms with Gasteiger partial charge in [-0.3, -0.25) is 9.79 Å². The molecule has 2 aliphatic rings. The Morgan fingerprint density at radius 3 is 2.69 bits per heavy atom. The predicted octanol–water partition coefficient (Wildman–Crippen LogP) is 5.57. The quantitative estimate of drug-likeness (QED) is 0.387. The summed E-state index contributed by atoms with van der Waals surface area (Å²) in [4.78, 5) is 18.6. The fraction of sp³-hybridized carbons (Fsp3) is 0.310. The van der Waals surface area contributed by atoms with Gasteiger partial charge in [0.25, 0.3) is 5.91 Å². The number of fused-ring (bicyclic) bond motifs is 2. The molecule has 2 heterocycles. The van der Waals surface area contributed by atoms with E-state index in [-0.39, 0.29) is 37.1 Å². The van der Waals surface area contributed by atoms with Crippen LogP contribution in [-0.4, -0.2) is 55.5 Å². The summed E-state index contributed by atoms with van der Waals surface area (Å²) in [5.74, 6) is -1.27. The summed E-state index contributed by atoms with van der Waals surface area (Å²) < 4.78 is 35.7. The Labute approximate surface area is 235 Å². The molecule has 5 rings (SSSR count). The molecule has 0 unspecified atom stereocenters. The number of carbonyl (C=O) groups excluding carboxylic acids is 1. The van der Waals surface area contributed by atoms with E-state index in [1.165, 1.54) is 11.0 Å². The Hall–Kier alpha value is -3.04. The van der Waals surface area contributed by atoms with Gasteiger partial charge in [0.05, 0.1) is 23.8 Å². The summed E-state index contributed by atoms with van der Waals surface area (Å²) in [5.41, 5.74) is 1.40. The highest BCUT2D eigenvalue weighted by Gasteiger charge is 2.53. The van der Waals surface area contributed by atoms with Gasteiger partial charge < -0.3 is 20.1 Å². The number of nitrogens with zero attached hydrogens (tertiary/aromatic N) is 2. The number of amides is 1. The SMILES string of the molecule is CN(CCO)C(=O)COc1ccc(Cl)cc1[C@@H]1CCN[C@@H](c2cc(F)ccc2F)[C@]12C=Nc1cc(Cl)ccc12. The smallest absolute Gasteiger partial charge is 0.260 e.